The molecule has 198 valence electrons. The Hall–Kier alpha value is -3.42. The largest absolute Gasteiger partial charge is 0.364 e. The Bertz CT molecular complexity index is 1300. The molecule has 4 N–H and O–H groups in total. The summed E-state index contributed by atoms with van der Waals surface area (Å²) in [6.07, 6.45) is 11.4. The summed E-state index contributed by atoms with van der Waals surface area (Å²) in [4.78, 5) is 54.2. The number of nitrogens with zero attached hydrogens (tertiary/aromatic N) is 1. The van der Waals surface area contributed by atoms with Crippen LogP contribution in [0.5, 0.6) is 0 Å². The maximum Gasteiger partial charge on any atom is 0.264 e. The molecule has 8 heteroatoms. The molecule has 2 saturated carbocycles. The minimum Gasteiger partial charge on any atom is -0.364 e. The summed E-state index contributed by atoms with van der Waals surface area (Å²) in [6, 6.07) is 7.84. The van der Waals surface area contributed by atoms with Crippen LogP contribution in [0.3, 0.4) is 0 Å². The van der Waals surface area contributed by atoms with Crippen LogP contribution < -0.4 is 16.4 Å². The zero-order valence-corrected chi connectivity index (χ0v) is 21.4. The topological polar surface area (TPSA) is 122 Å². The number of hydrogen-bond donors (Lipinski definition) is 3. The first-order valence-corrected chi connectivity index (χ1v) is 14.0. The molecule has 4 fully saturated rings. The first-order chi connectivity index (χ1) is 18.4. The van der Waals surface area contributed by atoms with Crippen LogP contribution in [-0.2, 0) is 31.0 Å². The van der Waals surface area contributed by atoms with E-state index in [0.717, 1.165) is 32.1 Å². The summed E-state index contributed by atoms with van der Waals surface area (Å²) < 4.78 is 0. The normalized spacial score (nSPS) is 38.2. The first-order valence-electron chi connectivity index (χ1n) is 14.0. The quantitative estimate of drug-likeness (QED) is 0.408. The molecule has 7 rings (SSSR count). The Morgan fingerprint density at radius 1 is 1.16 bits per heavy atom. The fraction of sp³-hybridized carbons (Fsp3) is 0.533. The van der Waals surface area contributed by atoms with E-state index in [0.29, 0.717) is 25.4 Å². The molecule has 2 aliphatic heterocycles. The number of benzene rings is 1. The van der Waals surface area contributed by atoms with Crippen molar-refractivity contribution in [2.75, 3.05) is 13.1 Å². The molecule has 1 aromatic rings. The van der Waals surface area contributed by atoms with Gasteiger partial charge in [0.2, 0.25) is 17.7 Å². The van der Waals surface area contributed by atoms with Gasteiger partial charge in [0.25, 0.3) is 5.91 Å². The lowest BCUT2D eigenvalue weighted by atomic mass is 9.78. The summed E-state index contributed by atoms with van der Waals surface area (Å²) in [5, 5.41) is 5.50. The van der Waals surface area contributed by atoms with E-state index in [9.17, 15) is 19.2 Å². The molecule has 6 aliphatic rings. The molecule has 0 aromatic heterocycles. The standard InChI is InChI=1S/C30H34N4O4/c31-26(35)23(13-19-9-11-32-27(19)36)33-28(37)25-24-18-8-7-17(12-18)20(24)15-34(25)29(38)22-14-30(22)10-3-5-16-4-1-2-6-21(16)30/h1-2,4,6-8,13,17-20,22,24-25H,3,5,9-12,14-15H2,(H2,31,35)(H,32,36)(H,33,37)/t17-,18+,19+,20-,22+,24+,25+,30+/m1/s1. The van der Waals surface area contributed by atoms with Gasteiger partial charge in [0.05, 0.1) is 5.92 Å². The SMILES string of the molecule is NC(=O)C(=C[C@@H]1CCNC1=O)NC(=O)[C@@H]1[C@@H]2[C@H](CN1C(=O)[C@@H]1C[C@]13CCCc1ccccc13)[C@@H]1C=C[C@H]2C1. The number of allylic oxidation sites excluding steroid dienone is 2. The van der Waals surface area contributed by atoms with Crippen LogP contribution in [0.2, 0.25) is 0 Å². The van der Waals surface area contributed by atoms with E-state index in [-0.39, 0.29) is 52.5 Å². The van der Waals surface area contributed by atoms with E-state index >= 15 is 0 Å². The highest BCUT2D eigenvalue weighted by atomic mass is 16.2. The fourth-order valence-corrected chi connectivity index (χ4v) is 8.50. The Balaban J connectivity index is 1.17. The molecule has 2 heterocycles. The number of rotatable bonds is 5. The third kappa shape index (κ3) is 3.48. The van der Waals surface area contributed by atoms with Crippen LogP contribution in [0.4, 0.5) is 0 Å². The lowest BCUT2D eigenvalue weighted by Crippen LogP contribution is -2.51. The molecule has 2 bridgehead atoms. The van der Waals surface area contributed by atoms with Gasteiger partial charge in [0.15, 0.2) is 0 Å². The molecule has 4 amide bonds. The van der Waals surface area contributed by atoms with Crippen molar-refractivity contribution in [3.63, 3.8) is 0 Å². The van der Waals surface area contributed by atoms with Gasteiger partial charge in [-0.05, 0) is 79.4 Å². The molecular formula is C30H34N4O4. The van der Waals surface area contributed by atoms with Crippen LogP contribution in [0.1, 0.15) is 43.2 Å². The fourth-order valence-electron chi connectivity index (χ4n) is 8.50. The van der Waals surface area contributed by atoms with Crippen molar-refractivity contribution in [3.8, 4) is 0 Å². The van der Waals surface area contributed by atoms with Crippen LogP contribution in [0.15, 0.2) is 48.2 Å². The van der Waals surface area contributed by atoms with Crippen LogP contribution in [-0.4, -0.2) is 47.7 Å². The minimum atomic E-state index is -0.779. The highest BCUT2D eigenvalue weighted by molar-refractivity contribution is 6.00. The third-order valence-corrected chi connectivity index (χ3v) is 10.3. The Morgan fingerprint density at radius 3 is 2.76 bits per heavy atom. The molecule has 8 atom stereocenters. The van der Waals surface area contributed by atoms with Gasteiger partial charge >= 0.3 is 0 Å². The maximum absolute atomic E-state index is 14.2. The molecule has 0 unspecified atom stereocenters. The van der Waals surface area contributed by atoms with Crippen molar-refractivity contribution >= 4 is 23.6 Å². The van der Waals surface area contributed by atoms with Crippen LogP contribution in [0.25, 0.3) is 0 Å². The van der Waals surface area contributed by atoms with Gasteiger partial charge in [-0.15, -0.1) is 0 Å². The van der Waals surface area contributed by atoms with Gasteiger partial charge in [-0.25, -0.2) is 0 Å². The number of carbonyl (C=O) groups is 4. The first kappa shape index (κ1) is 23.7. The number of nitrogens with one attached hydrogen (secondary N) is 2. The highest BCUT2D eigenvalue weighted by Crippen LogP contribution is 2.62. The van der Waals surface area contributed by atoms with Gasteiger partial charge in [-0.3, -0.25) is 19.2 Å². The number of hydrogen-bond acceptors (Lipinski definition) is 4. The second kappa shape index (κ2) is 8.55. The van der Waals surface area contributed by atoms with Gasteiger partial charge in [0.1, 0.15) is 11.7 Å². The number of nitrogens with two attached hydrogens (primary N) is 1. The van der Waals surface area contributed by atoms with E-state index in [4.69, 9.17) is 5.73 Å². The molecule has 1 spiro atoms. The Morgan fingerprint density at radius 2 is 1.97 bits per heavy atom. The monoisotopic (exact) mass is 514 g/mol. The zero-order valence-electron chi connectivity index (χ0n) is 21.4. The van der Waals surface area contributed by atoms with Gasteiger partial charge in [-0.1, -0.05) is 36.4 Å². The maximum atomic E-state index is 14.2. The summed E-state index contributed by atoms with van der Waals surface area (Å²) in [5.41, 5.74) is 8.10. The summed E-state index contributed by atoms with van der Waals surface area (Å²) >= 11 is 0. The Labute approximate surface area is 222 Å². The molecule has 38 heavy (non-hydrogen) atoms. The van der Waals surface area contributed by atoms with Crippen molar-refractivity contribution in [3.05, 3.63) is 59.3 Å². The van der Waals surface area contributed by atoms with Crippen molar-refractivity contribution in [2.45, 2.75) is 50.0 Å². The predicted molar refractivity (Wildman–Crippen MR) is 139 cm³/mol. The molecule has 8 nitrogen and oxygen atoms in total. The minimum absolute atomic E-state index is 0.0335. The number of primary amides is 1. The number of amides is 4. The second-order valence-corrected chi connectivity index (χ2v) is 12.2. The number of aryl methyl sites for hydroxylation is 1. The molecule has 2 saturated heterocycles. The van der Waals surface area contributed by atoms with Crippen molar-refractivity contribution < 1.29 is 19.2 Å². The summed E-state index contributed by atoms with van der Waals surface area (Å²) in [7, 11) is 0. The van der Waals surface area contributed by atoms with E-state index in [1.807, 2.05) is 4.90 Å². The number of carbonyl (C=O) groups excluding carboxylic acids is 4. The molecule has 4 aliphatic carbocycles. The molecule has 1 aromatic carbocycles. The van der Waals surface area contributed by atoms with Crippen molar-refractivity contribution in [1.29, 1.82) is 0 Å². The van der Waals surface area contributed by atoms with Crippen LogP contribution >= 0.6 is 0 Å². The smallest absolute Gasteiger partial charge is 0.264 e. The average molecular weight is 515 g/mol. The van der Waals surface area contributed by atoms with Crippen molar-refractivity contribution in [1.82, 2.24) is 15.5 Å². The lowest BCUT2D eigenvalue weighted by molar-refractivity contribution is -0.141. The number of fused-ring (bicyclic) bond motifs is 7. The van der Waals surface area contributed by atoms with Gasteiger partial charge in [0, 0.05) is 24.4 Å². The van der Waals surface area contributed by atoms with Crippen molar-refractivity contribution in [2.24, 2.45) is 41.2 Å². The molecular weight excluding hydrogens is 480 g/mol. The molecule has 0 radical (unpaired) electrons. The predicted octanol–water partition coefficient (Wildman–Crippen LogP) is 1.55. The van der Waals surface area contributed by atoms with Gasteiger partial charge in [-0.2, -0.15) is 0 Å². The highest BCUT2D eigenvalue weighted by Gasteiger charge is 2.64. The van der Waals surface area contributed by atoms with Crippen LogP contribution in [0, 0.1) is 35.5 Å². The number of likely N-dealkylation sites (tertiary alicyclic amines) is 1. The van der Waals surface area contributed by atoms with Gasteiger partial charge < -0.3 is 21.3 Å². The second-order valence-electron chi connectivity index (χ2n) is 12.2. The average Bonchev–Trinajstić information content (AvgIpc) is 3.37. The van der Waals surface area contributed by atoms with E-state index in [1.54, 1.807) is 0 Å². The van der Waals surface area contributed by atoms with E-state index in [1.165, 1.54) is 17.2 Å². The Kier molecular flexibility index (Phi) is 5.33. The zero-order chi connectivity index (χ0) is 26.2. The van der Waals surface area contributed by atoms with E-state index < -0.39 is 17.9 Å². The lowest BCUT2D eigenvalue weighted by Gasteiger charge is -2.31. The summed E-state index contributed by atoms with van der Waals surface area (Å²) in [6.45, 7) is 1.10. The third-order valence-electron chi connectivity index (χ3n) is 10.3. The summed E-state index contributed by atoms with van der Waals surface area (Å²) in [5.74, 6) is -0.958. The van der Waals surface area contributed by atoms with E-state index in [2.05, 4.69) is 47.1 Å².